The number of allylic oxidation sites excluding steroid dienone is 3. The van der Waals surface area contributed by atoms with Crippen LogP contribution in [0.5, 0.6) is 0 Å². The highest BCUT2D eigenvalue weighted by molar-refractivity contribution is 5.92. The fourth-order valence-corrected chi connectivity index (χ4v) is 3.03. The molecular weight excluding hydrogens is 304 g/mol. The quantitative estimate of drug-likeness (QED) is 0.688. The molecule has 1 unspecified atom stereocenters. The Kier molecular flexibility index (Phi) is 3.47. The third-order valence-corrected chi connectivity index (χ3v) is 4.08. The smallest absolute Gasteiger partial charge is 0.394 e. The number of rotatable bonds is 3. The minimum absolute atomic E-state index is 0.0670. The topological polar surface area (TPSA) is 57.4 Å². The van der Waals surface area contributed by atoms with Crippen molar-refractivity contribution >= 4 is 24.2 Å². The molecule has 6 heteroatoms. The van der Waals surface area contributed by atoms with Crippen LogP contribution < -0.4 is 0 Å². The lowest BCUT2D eigenvalue weighted by Gasteiger charge is -2.18. The first-order chi connectivity index (χ1) is 10.8. The molecule has 2 aliphatic rings. The van der Waals surface area contributed by atoms with Gasteiger partial charge in [-0.05, 0) is 17.6 Å². The van der Waals surface area contributed by atoms with E-state index in [0.717, 1.165) is 4.58 Å². The van der Waals surface area contributed by atoms with E-state index in [2.05, 4.69) is 6.72 Å². The van der Waals surface area contributed by atoms with Crippen LogP contribution in [0.3, 0.4) is 0 Å². The zero-order chi connectivity index (χ0) is 16.8. The minimum Gasteiger partial charge on any atom is -0.477 e. The fourth-order valence-electron chi connectivity index (χ4n) is 3.03. The number of aliphatic carboxylic acids is 1. The van der Waals surface area contributed by atoms with Crippen LogP contribution in [-0.4, -0.2) is 34.8 Å². The lowest BCUT2D eigenvalue weighted by Crippen LogP contribution is -2.31. The first-order valence-corrected chi connectivity index (χ1v) is 7.06. The molecule has 0 fully saturated rings. The Morgan fingerprint density at radius 3 is 2.74 bits per heavy atom. The van der Waals surface area contributed by atoms with Gasteiger partial charge in [0.25, 0.3) is 5.92 Å². The Morgan fingerprint density at radius 1 is 1.35 bits per heavy atom. The molecule has 0 saturated carbocycles. The molecule has 0 radical (unpaired) electrons. The molecule has 1 aromatic rings. The number of alkyl halides is 2. The van der Waals surface area contributed by atoms with Gasteiger partial charge in [-0.1, -0.05) is 36.4 Å². The SMILES string of the molecule is C=[N+](CC(=O)O)C(=O)C1C=C2C(=CC1)C(F)(F)c1ccccc12. The predicted octanol–water partition coefficient (Wildman–Crippen LogP) is 2.45. The average molecular weight is 318 g/mol. The summed E-state index contributed by atoms with van der Waals surface area (Å²) in [4.78, 5) is 22.9. The molecule has 4 nitrogen and oxygen atoms in total. The third-order valence-electron chi connectivity index (χ3n) is 4.08. The number of amides is 1. The van der Waals surface area contributed by atoms with Crippen molar-refractivity contribution in [2.75, 3.05) is 6.54 Å². The summed E-state index contributed by atoms with van der Waals surface area (Å²) in [5.41, 5.74) is 0.605. The molecule has 0 aromatic heterocycles. The molecule has 23 heavy (non-hydrogen) atoms. The highest BCUT2D eigenvalue weighted by Gasteiger charge is 2.48. The number of carboxylic acid groups (broad SMARTS) is 1. The van der Waals surface area contributed by atoms with Gasteiger partial charge in [0.2, 0.25) is 6.54 Å². The second kappa shape index (κ2) is 5.22. The first kappa shape index (κ1) is 15.3. The van der Waals surface area contributed by atoms with Gasteiger partial charge in [0, 0.05) is 11.1 Å². The lowest BCUT2D eigenvalue weighted by molar-refractivity contribution is -0.435. The van der Waals surface area contributed by atoms with Crippen LogP contribution in [0.2, 0.25) is 0 Å². The average Bonchev–Trinajstić information content (AvgIpc) is 2.74. The van der Waals surface area contributed by atoms with Gasteiger partial charge < -0.3 is 5.11 Å². The van der Waals surface area contributed by atoms with Crippen molar-refractivity contribution in [2.24, 2.45) is 5.92 Å². The van der Waals surface area contributed by atoms with Crippen LogP contribution in [0.4, 0.5) is 8.78 Å². The molecule has 0 spiro atoms. The van der Waals surface area contributed by atoms with E-state index in [1.54, 1.807) is 18.2 Å². The molecular formula is C17H14F2NO3+. The Bertz CT molecular complexity index is 793. The maximum Gasteiger partial charge on any atom is 0.394 e. The van der Waals surface area contributed by atoms with Gasteiger partial charge in [-0.15, -0.1) is 0 Å². The van der Waals surface area contributed by atoms with Crippen molar-refractivity contribution in [3.8, 4) is 0 Å². The van der Waals surface area contributed by atoms with Crippen molar-refractivity contribution in [3.63, 3.8) is 0 Å². The van der Waals surface area contributed by atoms with E-state index in [4.69, 9.17) is 5.11 Å². The molecule has 0 bridgehead atoms. The van der Waals surface area contributed by atoms with Crippen molar-refractivity contribution in [2.45, 2.75) is 12.3 Å². The summed E-state index contributed by atoms with van der Waals surface area (Å²) in [6, 6.07) is 6.20. The Labute approximate surface area is 131 Å². The van der Waals surface area contributed by atoms with Crippen LogP contribution in [0, 0.1) is 5.92 Å². The van der Waals surface area contributed by atoms with Gasteiger partial charge >= 0.3 is 11.9 Å². The van der Waals surface area contributed by atoms with Gasteiger partial charge in [0.1, 0.15) is 12.6 Å². The standard InChI is InChI=1S/C17H13F2NO3/c1-20(9-15(21)22)16(23)10-6-7-14-12(8-10)11-4-2-3-5-13(11)17(14,18)19/h2-5,7-8,10H,1,6,9H2/p+1. The van der Waals surface area contributed by atoms with Gasteiger partial charge in [0.15, 0.2) is 0 Å². The monoisotopic (exact) mass is 318 g/mol. The normalized spacial score (nSPS) is 20.9. The Morgan fingerprint density at radius 2 is 2.04 bits per heavy atom. The molecule has 0 heterocycles. The van der Waals surface area contributed by atoms with Gasteiger partial charge in [-0.25, -0.2) is 9.59 Å². The third kappa shape index (κ3) is 2.40. The molecule has 1 atom stereocenters. The highest BCUT2D eigenvalue weighted by atomic mass is 19.3. The summed E-state index contributed by atoms with van der Waals surface area (Å²) >= 11 is 0. The molecule has 1 amide bonds. The second-order valence-corrected chi connectivity index (χ2v) is 5.59. The molecule has 0 aliphatic heterocycles. The molecule has 118 valence electrons. The number of hydrogen-bond acceptors (Lipinski definition) is 2. The fraction of sp³-hybridized carbons (Fsp3) is 0.235. The molecule has 2 aliphatic carbocycles. The number of nitrogens with zero attached hydrogens (tertiary/aromatic N) is 1. The zero-order valence-electron chi connectivity index (χ0n) is 12.1. The van der Waals surface area contributed by atoms with E-state index in [-0.39, 0.29) is 17.6 Å². The van der Waals surface area contributed by atoms with Crippen molar-refractivity contribution in [1.82, 2.24) is 0 Å². The number of carbonyl (C=O) groups is 2. The van der Waals surface area contributed by atoms with Crippen molar-refractivity contribution in [3.05, 3.63) is 53.1 Å². The Balaban J connectivity index is 1.96. The first-order valence-electron chi connectivity index (χ1n) is 7.06. The van der Waals surface area contributed by atoms with Gasteiger partial charge in [-0.3, -0.25) is 0 Å². The minimum atomic E-state index is -3.07. The van der Waals surface area contributed by atoms with E-state index in [0.29, 0.717) is 11.1 Å². The number of carboxylic acids is 1. The van der Waals surface area contributed by atoms with E-state index in [9.17, 15) is 18.4 Å². The number of fused-ring (bicyclic) bond motifs is 3. The van der Waals surface area contributed by atoms with Gasteiger partial charge in [0.05, 0.1) is 0 Å². The van der Waals surface area contributed by atoms with E-state index in [1.807, 2.05) is 0 Å². The van der Waals surface area contributed by atoms with E-state index in [1.165, 1.54) is 18.2 Å². The van der Waals surface area contributed by atoms with Crippen LogP contribution in [0.25, 0.3) is 5.57 Å². The Hall–Kier alpha value is -2.63. The summed E-state index contributed by atoms with van der Waals surface area (Å²) < 4.78 is 29.7. The maximum absolute atomic E-state index is 14.4. The summed E-state index contributed by atoms with van der Waals surface area (Å²) in [5.74, 6) is -5.43. The van der Waals surface area contributed by atoms with Crippen LogP contribution >= 0.6 is 0 Å². The molecule has 3 rings (SSSR count). The van der Waals surface area contributed by atoms with Crippen LogP contribution in [0.1, 0.15) is 17.5 Å². The largest absolute Gasteiger partial charge is 0.477 e. The number of carbonyl (C=O) groups excluding carboxylic acids is 1. The zero-order valence-corrected chi connectivity index (χ0v) is 12.1. The van der Waals surface area contributed by atoms with Crippen molar-refractivity contribution < 1.29 is 28.1 Å². The van der Waals surface area contributed by atoms with Crippen molar-refractivity contribution in [1.29, 1.82) is 0 Å². The number of halogens is 2. The summed E-state index contributed by atoms with van der Waals surface area (Å²) in [7, 11) is 0. The maximum atomic E-state index is 14.4. The summed E-state index contributed by atoms with van der Waals surface area (Å²) in [6.45, 7) is 2.89. The van der Waals surface area contributed by atoms with Crippen LogP contribution in [-0.2, 0) is 15.5 Å². The lowest BCUT2D eigenvalue weighted by atomic mass is 9.89. The van der Waals surface area contributed by atoms with E-state index >= 15 is 0 Å². The predicted molar refractivity (Wildman–Crippen MR) is 79.4 cm³/mol. The summed E-state index contributed by atoms with van der Waals surface area (Å²) in [5, 5.41) is 8.72. The van der Waals surface area contributed by atoms with E-state index < -0.39 is 30.3 Å². The second-order valence-electron chi connectivity index (χ2n) is 5.59. The molecule has 1 N–H and O–H groups in total. The van der Waals surface area contributed by atoms with Gasteiger partial charge in [-0.2, -0.15) is 13.4 Å². The highest BCUT2D eigenvalue weighted by Crippen LogP contribution is 2.53. The van der Waals surface area contributed by atoms with Crippen LogP contribution in [0.15, 0.2) is 42.0 Å². The molecule has 0 saturated heterocycles. The molecule has 1 aromatic carbocycles. The number of hydrogen-bond donors (Lipinski definition) is 1. The number of benzene rings is 1. The summed E-state index contributed by atoms with van der Waals surface area (Å²) in [6.07, 6.45) is 2.97.